The molecule has 25 heavy (non-hydrogen) atoms. The molecular weight excluding hydrogens is 343 g/mol. The molecule has 3 aromatic rings. The third kappa shape index (κ3) is 2.82. The van der Waals surface area contributed by atoms with Crippen LogP contribution in [0.5, 0.6) is 5.75 Å². The van der Waals surface area contributed by atoms with Crippen molar-refractivity contribution < 1.29 is 9.13 Å². The quantitative estimate of drug-likeness (QED) is 0.761. The van der Waals surface area contributed by atoms with Crippen LogP contribution in [0.1, 0.15) is 29.6 Å². The van der Waals surface area contributed by atoms with E-state index in [0.717, 1.165) is 11.3 Å². The Morgan fingerprint density at radius 2 is 2.04 bits per heavy atom. The molecule has 7 heteroatoms. The van der Waals surface area contributed by atoms with Crippen LogP contribution in [0.2, 0.25) is 5.02 Å². The minimum atomic E-state index is -0.339. The number of methoxy groups -OCH3 is 1. The minimum Gasteiger partial charge on any atom is -0.497 e. The number of nitrogens with one attached hydrogen (secondary N) is 1. The van der Waals surface area contributed by atoms with Crippen LogP contribution in [0.15, 0.2) is 48.8 Å². The molecule has 0 spiro atoms. The second kappa shape index (κ2) is 6.37. The normalized spacial score (nSPS) is 19.2. The van der Waals surface area contributed by atoms with Crippen LogP contribution in [-0.4, -0.2) is 21.9 Å². The fourth-order valence-electron chi connectivity index (χ4n) is 3.24. The standard InChI is InChI=1S/C18H16ClFN4O/c1-25-12-7-5-11(6-8-12)15-9-16(24-18(23-15)21-10-22-24)17-13(19)3-2-4-14(17)20/h2-8,10,15-16H,9H2,1H3,(H,21,22,23)/t15-,16+/m0/s1. The lowest BCUT2D eigenvalue weighted by Gasteiger charge is -2.32. The number of benzene rings is 2. The number of rotatable bonds is 3. The smallest absolute Gasteiger partial charge is 0.222 e. The van der Waals surface area contributed by atoms with Crippen LogP contribution in [0, 0.1) is 5.82 Å². The van der Waals surface area contributed by atoms with Gasteiger partial charge in [-0.15, -0.1) is 0 Å². The van der Waals surface area contributed by atoms with Gasteiger partial charge < -0.3 is 10.1 Å². The molecular formula is C18H16ClFN4O. The molecule has 0 saturated carbocycles. The number of hydrogen-bond acceptors (Lipinski definition) is 4. The molecule has 1 N–H and O–H groups in total. The van der Waals surface area contributed by atoms with Gasteiger partial charge in [-0.3, -0.25) is 0 Å². The maximum absolute atomic E-state index is 14.5. The van der Waals surface area contributed by atoms with Gasteiger partial charge in [0.15, 0.2) is 0 Å². The topological polar surface area (TPSA) is 52.0 Å². The fourth-order valence-corrected chi connectivity index (χ4v) is 3.53. The summed E-state index contributed by atoms with van der Waals surface area (Å²) < 4.78 is 21.4. The molecule has 5 nitrogen and oxygen atoms in total. The van der Waals surface area contributed by atoms with Gasteiger partial charge in [0.1, 0.15) is 17.9 Å². The molecule has 0 bridgehead atoms. The monoisotopic (exact) mass is 358 g/mol. The highest BCUT2D eigenvalue weighted by molar-refractivity contribution is 6.31. The minimum absolute atomic E-state index is 0.0386. The zero-order chi connectivity index (χ0) is 17.4. The predicted molar refractivity (Wildman–Crippen MR) is 93.5 cm³/mol. The summed E-state index contributed by atoms with van der Waals surface area (Å²) in [5.41, 5.74) is 1.50. The molecule has 2 aromatic carbocycles. The van der Waals surface area contributed by atoms with Gasteiger partial charge >= 0.3 is 0 Å². The van der Waals surface area contributed by atoms with Crippen molar-refractivity contribution in [2.24, 2.45) is 0 Å². The molecule has 0 fully saturated rings. The Kier molecular flexibility index (Phi) is 4.05. The van der Waals surface area contributed by atoms with Crippen molar-refractivity contribution in [2.45, 2.75) is 18.5 Å². The first-order chi connectivity index (χ1) is 12.2. The number of nitrogens with zero attached hydrogens (tertiary/aromatic N) is 3. The third-order valence-electron chi connectivity index (χ3n) is 4.48. The van der Waals surface area contributed by atoms with Crippen LogP contribution in [0.3, 0.4) is 0 Å². The van der Waals surface area contributed by atoms with Crippen molar-refractivity contribution in [1.29, 1.82) is 0 Å². The molecule has 1 aliphatic rings. The maximum atomic E-state index is 14.5. The van der Waals surface area contributed by atoms with Crippen LogP contribution in [0.4, 0.5) is 10.3 Å². The van der Waals surface area contributed by atoms with E-state index in [0.29, 0.717) is 23.0 Å². The van der Waals surface area contributed by atoms with Gasteiger partial charge in [-0.25, -0.2) is 9.07 Å². The van der Waals surface area contributed by atoms with E-state index in [1.807, 2.05) is 24.3 Å². The van der Waals surface area contributed by atoms with E-state index in [4.69, 9.17) is 16.3 Å². The first-order valence-electron chi connectivity index (χ1n) is 7.91. The average Bonchev–Trinajstić information content (AvgIpc) is 3.10. The molecule has 4 rings (SSSR count). The first-order valence-corrected chi connectivity index (χ1v) is 8.29. The molecule has 0 saturated heterocycles. The van der Waals surface area contributed by atoms with E-state index < -0.39 is 0 Å². The fraction of sp³-hybridized carbons (Fsp3) is 0.222. The Balaban J connectivity index is 1.75. The van der Waals surface area contributed by atoms with E-state index in [-0.39, 0.29) is 17.9 Å². The number of aromatic nitrogens is 3. The van der Waals surface area contributed by atoms with Gasteiger partial charge in [0.2, 0.25) is 5.95 Å². The maximum Gasteiger partial charge on any atom is 0.222 e. The summed E-state index contributed by atoms with van der Waals surface area (Å²) in [4.78, 5) is 4.25. The molecule has 0 aliphatic carbocycles. The lowest BCUT2D eigenvalue weighted by Crippen LogP contribution is -2.28. The van der Waals surface area contributed by atoms with Crippen molar-refractivity contribution in [2.75, 3.05) is 12.4 Å². The summed E-state index contributed by atoms with van der Waals surface area (Å²) in [6, 6.07) is 12.1. The van der Waals surface area contributed by atoms with Crippen molar-refractivity contribution in [1.82, 2.24) is 14.8 Å². The van der Waals surface area contributed by atoms with Gasteiger partial charge in [0, 0.05) is 10.6 Å². The number of hydrogen-bond donors (Lipinski definition) is 1. The molecule has 1 aromatic heterocycles. The molecule has 1 aliphatic heterocycles. The second-order valence-electron chi connectivity index (χ2n) is 5.89. The van der Waals surface area contributed by atoms with Gasteiger partial charge in [0.05, 0.1) is 19.2 Å². The Hall–Kier alpha value is -2.60. The first kappa shape index (κ1) is 15.9. The van der Waals surface area contributed by atoms with Crippen LogP contribution in [0.25, 0.3) is 0 Å². The number of anilines is 1. The van der Waals surface area contributed by atoms with Crippen molar-refractivity contribution in [3.63, 3.8) is 0 Å². The Morgan fingerprint density at radius 3 is 2.76 bits per heavy atom. The van der Waals surface area contributed by atoms with E-state index in [1.54, 1.807) is 23.9 Å². The average molecular weight is 359 g/mol. The SMILES string of the molecule is COc1ccc([C@@H]2C[C@H](c3c(F)cccc3Cl)n3ncnc3N2)cc1. The summed E-state index contributed by atoms with van der Waals surface area (Å²) in [5, 5.41) is 7.99. The van der Waals surface area contributed by atoms with E-state index in [1.165, 1.54) is 12.4 Å². The molecule has 0 radical (unpaired) electrons. The van der Waals surface area contributed by atoms with Gasteiger partial charge in [-0.2, -0.15) is 10.1 Å². The second-order valence-corrected chi connectivity index (χ2v) is 6.29. The zero-order valence-corrected chi connectivity index (χ0v) is 14.2. The third-order valence-corrected chi connectivity index (χ3v) is 4.81. The van der Waals surface area contributed by atoms with E-state index >= 15 is 0 Å². The summed E-state index contributed by atoms with van der Waals surface area (Å²) in [6.45, 7) is 0. The molecule has 128 valence electrons. The number of ether oxygens (including phenoxy) is 1. The van der Waals surface area contributed by atoms with Crippen LogP contribution < -0.4 is 10.1 Å². The molecule has 0 unspecified atom stereocenters. The van der Waals surface area contributed by atoms with Crippen molar-refractivity contribution >= 4 is 17.5 Å². The Bertz CT molecular complexity index is 876. The lowest BCUT2D eigenvalue weighted by atomic mass is 9.93. The summed E-state index contributed by atoms with van der Waals surface area (Å²) >= 11 is 6.29. The summed E-state index contributed by atoms with van der Waals surface area (Å²) in [7, 11) is 1.63. The largest absolute Gasteiger partial charge is 0.497 e. The van der Waals surface area contributed by atoms with Gasteiger partial charge in [0.25, 0.3) is 0 Å². The van der Waals surface area contributed by atoms with Crippen LogP contribution in [-0.2, 0) is 0 Å². The van der Waals surface area contributed by atoms with E-state index in [9.17, 15) is 4.39 Å². The van der Waals surface area contributed by atoms with E-state index in [2.05, 4.69) is 15.4 Å². The molecule has 2 atom stereocenters. The molecule has 0 amide bonds. The Morgan fingerprint density at radius 1 is 1.24 bits per heavy atom. The zero-order valence-electron chi connectivity index (χ0n) is 13.5. The number of halogens is 2. The summed E-state index contributed by atoms with van der Waals surface area (Å²) in [6.07, 6.45) is 2.06. The highest BCUT2D eigenvalue weighted by Gasteiger charge is 2.32. The highest BCUT2D eigenvalue weighted by Crippen LogP contribution is 2.40. The summed E-state index contributed by atoms with van der Waals surface area (Å²) in [5.74, 6) is 1.04. The lowest BCUT2D eigenvalue weighted by molar-refractivity contribution is 0.410. The number of fused-ring (bicyclic) bond motifs is 1. The van der Waals surface area contributed by atoms with Crippen molar-refractivity contribution in [3.05, 3.63) is 70.8 Å². The van der Waals surface area contributed by atoms with Crippen molar-refractivity contribution in [3.8, 4) is 5.75 Å². The predicted octanol–water partition coefficient (Wildman–Crippen LogP) is 4.23. The molecule has 2 heterocycles. The van der Waals surface area contributed by atoms with Crippen LogP contribution >= 0.6 is 11.6 Å². The Labute approximate surface area is 149 Å². The van der Waals surface area contributed by atoms with Gasteiger partial charge in [-0.05, 0) is 36.2 Å². The van der Waals surface area contributed by atoms with Gasteiger partial charge in [-0.1, -0.05) is 29.8 Å². The highest BCUT2D eigenvalue weighted by atomic mass is 35.5.